The smallest absolute Gasteiger partial charge is 0.233 e. The first-order chi connectivity index (χ1) is 11.7. The number of fused-ring (bicyclic) bond motifs is 1. The van der Waals surface area contributed by atoms with E-state index in [2.05, 4.69) is 28.4 Å². The molecule has 0 aromatic heterocycles. The van der Waals surface area contributed by atoms with E-state index in [0.717, 1.165) is 29.4 Å². The summed E-state index contributed by atoms with van der Waals surface area (Å²) in [6, 6.07) is 14.3. The van der Waals surface area contributed by atoms with Crippen molar-refractivity contribution in [3.8, 4) is 0 Å². The Morgan fingerprint density at radius 2 is 1.71 bits per heavy atom. The summed E-state index contributed by atoms with van der Waals surface area (Å²) >= 11 is 0. The Labute approximate surface area is 142 Å². The van der Waals surface area contributed by atoms with Crippen LogP contribution in [-0.4, -0.2) is 61.4 Å². The van der Waals surface area contributed by atoms with Crippen LogP contribution in [0.2, 0.25) is 0 Å². The molecule has 0 unspecified atom stereocenters. The number of benzene rings is 2. The van der Waals surface area contributed by atoms with Gasteiger partial charge in [-0.05, 0) is 16.3 Å². The number of amides is 2. The topological polar surface area (TPSA) is 52.7 Å². The van der Waals surface area contributed by atoms with Crippen molar-refractivity contribution in [3.63, 3.8) is 0 Å². The highest BCUT2D eigenvalue weighted by atomic mass is 16.2. The maximum Gasteiger partial charge on any atom is 0.233 e. The molecule has 2 amide bonds. The molecule has 126 valence electrons. The second-order valence-corrected chi connectivity index (χ2v) is 6.15. The molecule has 2 aromatic carbocycles. The first-order valence-electron chi connectivity index (χ1n) is 8.35. The maximum absolute atomic E-state index is 12.6. The molecule has 1 heterocycles. The van der Waals surface area contributed by atoms with Gasteiger partial charge in [-0.2, -0.15) is 0 Å². The van der Waals surface area contributed by atoms with Crippen LogP contribution in [0, 0.1) is 0 Å². The molecular formula is C19H23N3O2. The molecule has 3 rings (SSSR count). The van der Waals surface area contributed by atoms with Crippen molar-refractivity contribution >= 4 is 22.6 Å². The molecule has 0 bridgehead atoms. The van der Waals surface area contributed by atoms with Gasteiger partial charge in [0.2, 0.25) is 11.8 Å². The van der Waals surface area contributed by atoms with Gasteiger partial charge in [-0.3, -0.25) is 14.5 Å². The number of likely N-dealkylation sites (N-methyl/N-ethyl adjacent to an activating group) is 1. The molecular weight excluding hydrogens is 302 g/mol. The van der Waals surface area contributed by atoms with Crippen LogP contribution >= 0.6 is 0 Å². The van der Waals surface area contributed by atoms with Gasteiger partial charge < -0.3 is 10.2 Å². The Morgan fingerprint density at radius 1 is 1.00 bits per heavy atom. The van der Waals surface area contributed by atoms with E-state index in [1.807, 2.05) is 29.2 Å². The van der Waals surface area contributed by atoms with Gasteiger partial charge in [-0.1, -0.05) is 42.5 Å². The van der Waals surface area contributed by atoms with E-state index in [9.17, 15) is 9.59 Å². The van der Waals surface area contributed by atoms with Crippen LogP contribution in [-0.2, 0) is 16.0 Å². The van der Waals surface area contributed by atoms with Crippen molar-refractivity contribution in [2.75, 3.05) is 39.8 Å². The Morgan fingerprint density at radius 3 is 2.46 bits per heavy atom. The van der Waals surface area contributed by atoms with Crippen LogP contribution in [0.15, 0.2) is 42.5 Å². The van der Waals surface area contributed by atoms with E-state index in [1.165, 1.54) is 0 Å². The summed E-state index contributed by atoms with van der Waals surface area (Å²) in [7, 11) is 1.65. The second kappa shape index (κ2) is 7.45. The third-order valence-corrected chi connectivity index (χ3v) is 4.59. The van der Waals surface area contributed by atoms with E-state index in [0.29, 0.717) is 26.1 Å². The Balaban J connectivity index is 1.61. The van der Waals surface area contributed by atoms with Crippen molar-refractivity contribution in [2.45, 2.75) is 6.42 Å². The predicted molar refractivity (Wildman–Crippen MR) is 94.7 cm³/mol. The van der Waals surface area contributed by atoms with E-state index < -0.39 is 0 Å². The summed E-state index contributed by atoms with van der Waals surface area (Å²) in [4.78, 5) is 28.0. The van der Waals surface area contributed by atoms with Crippen molar-refractivity contribution in [1.29, 1.82) is 0 Å². The van der Waals surface area contributed by atoms with Gasteiger partial charge in [0.1, 0.15) is 0 Å². The van der Waals surface area contributed by atoms with Gasteiger partial charge in [0.05, 0.1) is 13.0 Å². The highest BCUT2D eigenvalue weighted by Gasteiger charge is 2.22. The number of carbonyl (C=O) groups is 2. The largest absolute Gasteiger partial charge is 0.358 e. The standard InChI is InChI=1S/C19H23N3O2/c1-20-18(23)14-21-9-11-22(12-10-21)19(24)13-16-7-4-6-15-5-2-3-8-17(15)16/h2-8H,9-14H2,1H3,(H,20,23). The number of hydrogen-bond acceptors (Lipinski definition) is 3. The molecule has 0 aliphatic carbocycles. The van der Waals surface area contributed by atoms with Gasteiger partial charge in [-0.15, -0.1) is 0 Å². The van der Waals surface area contributed by atoms with Crippen molar-refractivity contribution < 1.29 is 9.59 Å². The number of piperazine rings is 1. The van der Waals surface area contributed by atoms with Gasteiger partial charge >= 0.3 is 0 Å². The minimum absolute atomic E-state index is 0.0190. The number of rotatable bonds is 4. The highest BCUT2D eigenvalue weighted by Crippen LogP contribution is 2.19. The third kappa shape index (κ3) is 3.74. The molecule has 0 radical (unpaired) electrons. The molecule has 1 aliphatic heterocycles. The zero-order chi connectivity index (χ0) is 16.9. The van der Waals surface area contributed by atoms with Crippen LogP contribution in [0.5, 0.6) is 0 Å². The molecule has 24 heavy (non-hydrogen) atoms. The lowest BCUT2D eigenvalue weighted by atomic mass is 10.0. The van der Waals surface area contributed by atoms with E-state index in [-0.39, 0.29) is 11.8 Å². The average Bonchev–Trinajstić information content (AvgIpc) is 2.62. The Kier molecular flexibility index (Phi) is 5.11. The summed E-state index contributed by atoms with van der Waals surface area (Å²) < 4.78 is 0. The molecule has 5 heteroatoms. The normalized spacial score (nSPS) is 15.5. The van der Waals surface area contributed by atoms with Crippen molar-refractivity contribution in [1.82, 2.24) is 15.1 Å². The second-order valence-electron chi connectivity index (χ2n) is 6.15. The van der Waals surface area contributed by atoms with Gasteiger partial charge in [0, 0.05) is 33.2 Å². The summed E-state index contributed by atoms with van der Waals surface area (Å²) in [6.07, 6.45) is 0.427. The summed E-state index contributed by atoms with van der Waals surface area (Å²) in [6.45, 7) is 3.26. The predicted octanol–water partition coefficient (Wildman–Crippen LogP) is 1.27. The van der Waals surface area contributed by atoms with Crippen molar-refractivity contribution in [3.05, 3.63) is 48.0 Å². The monoisotopic (exact) mass is 325 g/mol. The molecule has 1 saturated heterocycles. The van der Waals surface area contributed by atoms with E-state index in [4.69, 9.17) is 0 Å². The minimum Gasteiger partial charge on any atom is -0.358 e. The zero-order valence-electron chi connectivity index (χ0n) is 14.0. The third-order valence-electron chi connectivity index (χ3n) is 4.59. The summed E-state index contributed by atoms with van der Waals surface area (Å²) in [5, 5.41) is 4.94. The van der Waals surface area contributed by atoms with E-state index >= 15 is 0 Å². The maximum atomic E-state index is 12.6. The molecule has 5 nitrogen and oxygen atoms in total. The number of nitrogens with one attached hydrogen (secondary N) is 1. The Bertz CT molecular complexity index is 731. The molecule has 0 saturated carbocycles. The first-order valence-corrected chi connectivity index (χ1v) is 8.35. The fraction of sp³-hybridized carbons (Fsp3) is 0.368. The molecule has 1 fully saturated rings. The quantitative estimate of drug-likeness (QED) is 0.921. The summed E-state index contributed by atoms with van der Waals surface area (Å²) in [5.74, 6) is 0.177. The lowest BCUT2D eigenvalue weighted by Gasteiger charge is -2.34. The number of carbonyl (C=O) groups excluding carboxylic acids is 2. The van der Waals surface area contributed by atoms with Crippen LogP contribution in [0.25, 0.3) is 10.8 Å². The molecule has 0 atom stereocenters. The van der Waals surface area contributed by atoms with Gasteiger partial charge in [-0.25, -0.2) is 0 Å². The van der Waals surface area contributed by atoms with Gasteiger partial charge in [0.15, 0.2) is 0 Å². The number of hydrogen-bond donors (Lipinski definition) is 1. The SMILES string of the molecule is CNC(=O)CN1CCN(C(=O)Cc2cccc3ccccc23)CC1. The van der Waals surface area contributed by atoms with Crippen LogP contribution in [0.4, 0.5) is 0 Å². The van der Waals surface area contributed by atoms with Gasteiger partial charge in [0.25, 0.3) is 0 Å². The summed E-state index contributed by atoms with van der Waals surface area (Å²) in [5.41, 5.74) is 1.07. The fourth-order valence-corrected chi connectivity index (χ4v) is 3.16. The highest BCUT2D eigenvalue weighted by molar-refractivity contribution is 5.90. The lowest BCUT2D eigenvalue weighted by molar-refractivity contribution is -0.132. The lowest BCUT2D eigenvalue weighted by Crippen LogP contribution is -2.51. The first kappa shape index (κ1) is 16.5. The Hall–Kier alpha value is -2.40. The average molecular weight is 325 g/mol. The van der Waals surface area contributed by atoms with Crippen LogP contribution in [0.3, 0.4) is 0 Å². The minimum atomic E-state index is 0.0190. The van der Waals surface area contributed by atoms with Crippen LogP contribution < -0.4 is 5.32 Å². The number of nitrogens with zero attached hydrogens (tertiary/aromatic N) is 2. The molecule has 1 N–H and O–H groups in total. The molecule has 1 aliphatic rings. The van der Waals surface area contributed by atoms with Crippen LogP contribution in [0.1, 0.15) is 5.56 Å². The molecule has 0 spiro atoms. The van der Waals surface area contributed by atoms with E-state index in [1.54, 1.807) is 7.05 Å². The fourth-order valence-electron chi connectivity index (χ4n) is 3.16. The molecule has 2 aromatic rings. The zero-order valence-corrected chi connectivity index (χ0v) is 14.0. The van der Waals surface area contributed by atoms with Crippen molar-refractivity contribution in [2.24, 2.45) is 0 Å².